The second kappa shape index (κ2) is 12.4. The Morgan fingerprint density at radius 3 is 2.95 bits per heavy atom. The Hall–Kier alpha value is -2.48. The van der Waals surface area contributed by atoms with E-state index in [9.17, 15) is 9.90 Å². The highest BCUT2D eigenvalue weighted by Crippen LogP contribution is 2.32. The van der Waals surface area contributed by atoms with Crippen LogP contribution in [-0.2, 0) is 33.7 Å². The van der Waals surface area contributed by atoms with Crippen molar-refractivity contribution in [1.29, 1.82) is 0 Å². The molecule has 37 heavy (non-hydrogen) atoms. The van der Waals surface area contributed by atoms with Crippen molar-refractivity contribution in [2.45, 2.75) is 77.0 Å². The van der Waals surface area contributed by atoms with E-state index in [1.807, 2.05) is 25.1 Å². The Bertz CT molecular complexity index is 1070. The van der Waals surface area contributed by atoms with Gasteiger partial charge in [-0.15, -0.1) is 0 Å². The van der Waals surface area contributed by atoms with Crippen LogP contribution in [0.3, 0.4) is 0 Å². The summed E-state index contributed by atoms with van der Waals surface area (Å²) in [4.78, 5) is 19.3. The van der Waals surface area contributed by atoms with Crippen molar-refractivity contribution >= 4 is 11.8 Å². The van der Waals surface area contributed by atoms with Crippen LogP contribution in [0, 0.1) is 12.8 Å². The molecule has 0 unspecified atom stereocenters. The molecule has 1 aromatic heterocycles. The minimum absolute atomic E-state index is 0.0762. The number of aromatic nitrogens is 1. The van der Waals surface area contributed by atoms with Crippen molar-refractivity contribution in [3.05, 3.63) is 58.3 Å². The summed E-state index contributed by atoms with van der Waals surface area (Å²) in [5.41, 5.74) is 5.38. The lowest BCUT2D eigenvalue weighted by atomic mass is 9.97. The van der Waals surface area contributed by atoms with E-state index in [4.69, 9.17) is 14.5 Å². The van der Waals surface area contributed by atoms with Gasteiger partial charge in [0.1, 0.15) is 11.9 Å². The molecular formula is C30H41N3O4. The third kappa shape index (κ3) is 7.09. The van der Waals surface area contributed by atoms with Crippen molar-refractivity contribution in [1.82, 2.24) is 9.88 Å². The number of aliphatic carboxylic acids is 1. The molecule has 7 heteroatoms. The van der Waals surface area contributed by atoms with Gasteiger partial charge < -0.3 is 19.9 Å². The maximum Gasteiger partial charge on any atom is 0.325 e. The Balaban J connectivity index is 1.10. The molecule has 2 N–H and O–H groups in total. The van der Waals surface area contributed by atoms with Crippen molar-refractivity contribution in [3.63, 3.8) is 0 Å². The van der Waals surface area contributed by atoms with E-state index in [0.29, 0.717) is 25.7 Å². The van der Waals surface area contributed by atoms with E-state index in [2.05, 4.69) is 22.3 Å². The van der Waals surface area contributed by atoms with Gasteiger partial charge in [-0.05, 0) is 87.0 Å². The van der Waals surface area contributed by atoms with E-state index in [1.165, 1.54) is 24.8 Å². The molecule has 1 aliphatic carbocycles. The second-order valence-electron chi connectivity index (χ2n) is 11.0. The molecule has 3 heterocycles. The highest BCUT2D eigenvalue weighted by molar-refractivity contribution is 5.76. The number of ether oxygens (including phenoxy) is 2. The van der Waals surface area contributed by atoms with Crippen molar-refractivity contribution in [2.75, 3.05) is 38.2 Å². The SMILES string of the molecule is Cc1ccc(COCC2CC2)c([C@@H](C(=O)O)N2CC[C@@H](OCCCCc3ccc4c(n3)NCCC4)C2)c1. The van der Waals surface area contributed by atoms with Gasteiger partial charge >= 0.3 is 5.97 Å². The number of fused-ring (bicyclic) bond motifs is 1. The largest absolute Gasteiger partial charge is 0.480 e. The number of carboxylic acids is 1. The van der Waals surface area contributed by atoms with Crippen LogP contribution in [-0.4, -0.2) is 59.9 Å². The summed E-state index contributed by atoms with van der Waals surface area (Å²) in [6.45, 7) is 6.34. The molecule has 2 aliphatic heterocycles. The first-order chi connectivity index (χ1) is 18.1. The standard InChI is InChI=1S/C30H41N3O4/c1-21-7-10-24(20-36-19-22-8-9-22)27(17-21)28(30(34)35)33-15-13-26(18-33)37-16-3-2-6-25-12-11-23-5-4-14-31-29(23)32-25/h7,10-12,17,22,26,28H,2-6,8-9,13-16,18-20H2,1H3,(H,31,32)(H,34,35)/t26-,28+/m1/s1. The number of anilines is 1. The summed E-state index contributed by atoms with van der Waals surface area (Å²) < 4.78 is 12.1. The molecule has 3 aliphatic rings. The fraction of sp³-hybridized carbons (Fsp3) is 0.600. The molecule has 1 saturated carbocycles. The van der Waals surface area contributed by atoms with Crippen LogP contribution in [0.2, 0.25) is 0 Å². The van der Waals surface area contributed by atoms with Crippen LogP contribution in [0.5, 0.6) is 0 Å². The lowest BCUT2D eigenvalue weighted by Crippen LogP contribution is -2.34. The first-order valence-corrected chi connectivity index (χ1v) is 14.0. The summed E-state index contributed by atoms with van der Waals surface area (Å²) in [5.74, 6) is 0.943. The molecule has 2 aromatic rings. The van der Waals surface area contributed by atoms with Gasteiger partial charge in [-0.2, -0.15) is 0 Å². The topological polar surface area (TPSA) is 83.9 Å². The molecule has 7 nitrogen and oxygen atoms in total. The van der Waals surface area contributed by atoms with Gasteiger partial charge in [0.15, 0.2) is 0 Å². The van der Waals surface area contributed by atoms with Gasteiger partial charge in [0.2, 0.25) is 0 Å². The summed E-state index contributed by atoms with van der Waals surface area (Å²) in [6.07, 6.45) is 8.69. The number of aryl methyl sites for hydroxylation is 3. The maximum absolute atomic E-state index is 12.4. The number of pyridine rings is 1. The summed E-state index contributed by atoms with van der Waals surface area (Å²) in [7, 11) is 0. The second-order valence-corrected chi connectivity index (χ2v) is 11.0. The van der Waals surface area contributed by atoms with Gasteiger partial charge in [-0.25, -0.2) is 4.98 Å². The van der Waals surface area contributed by atoms with Crippen LogP contribution < -0.4 is 5.32 Å². The predicted molar refractivity (Wildman–Crippen MR) is 144 cm³/mol. The van der Waals surface area contributed by atoms with E-state index < -0.39 is 12.0 Å². The van der Waals surface area contributed by atoms with Gasteiger partial charge in [0.05, 0.1) is 12.7 Å². The minimum atomic E-state index is -0.804. The summed E-state index contributed by atoms with van der Waals surface area (Å²) >= 11 is 0. The number of nitrogens with one attached hydrogen (secondary N) is 1. The van der Waals surface area contributed by atoms with Crippen LogP contribution in [0.1, 0.15) is 72.5 Å². The normalized spacial score (nSPS) is 20.4. The zero-order chi connectivity index (χ0) is 25.6. The van der Waals surface area contributed by atoms with E-state index in [1.54, 1.807) is 0 Å². The average molecular weight is 508 g/mol. The maximum atomic E-state index is 12.4. The number of unbranched alkanes of at least 4 members (excludes halogenated alkanes) is 1. The first-order valence-electron chi connectivity index (χ1n) is 14.0. The Labute approximate surface area is 220 Å². The summed E-state index contributed by atoms with van der Waals surface area (Å²) in [6, 6.07) is 9.80. The number of benzene rings is 1. The van der Waals surface area contributed by atoms with Crippen LogP contribution in [0.25, 0.3) is 0 Å². The fourth-order valence-corrected chi connectivity index (χ4v) is 5.50. The predicted octanol–water partition coefficient (Wildman–Crippen LogP) is 4.91. The quantitative estimate of drug-likeness (QED) is 0.373. The van der Waals surface area contributed by atoms with Crippen molar-refractivity contribution in [3.8, 4) is 0 Å². The molecular weight excluding hydrogens is 466 g/mol. The number of likely N-dealkylation sites (tertiary alicyclic amines) is 1. The number of hydrogen-bond donors (Lipinski definition) is 2. The van der Waals surface area contributed by atoms with E-state index in [0.717, 1.165) is 80.0 Å². The molecule has 5 rings (SSSR count). The molecule has 0 spiro atoms. The van der Waals surface area contributed by atoms with Gasteiger partial charge in [-0.3, -0.25) is 9.69 Å². The minimum Gasteiger partial charge on any atom is -0.480 e. The molecule has 0 radical (unpaired) electrons. The third-order valence-corrected chi connectivity index (χ3v) is 7.81. The Morgan fingerprint density at radius 1 is 1.22 bits per heavy atom. The summed E-state index contributed by atoms with van der Waals surface area (Å²) in [5, 5.41) is 13.6. The molecule has 1 saturated heterocycles. The smallest absolute Gasteiger partial charge is 0.325 e. The molecule has 2 atom stereocenters. The first kappa shape index (κ1) is 26.1. The van der Waals surface area contributed by atoms with Crippen LogP contribution in [0.15, 0.2) is 30.3 Å². The number of hydrogen-bond acceptors (Lipinski definition) is 6. The third-order valence-electron chi connectivity index (χ3n) is 7.81. The molecule has 0 bridgehead atoms. The monoisotopic (exact) mass is 507 g/mol. The number of nitrogens with zero attached hydrogens (tertiary/aromatic N) is 2. The van der Waals surface area contributed by atoms with Crippen molar-refractivity contribution < 1.29 is 19.4 Å². The molecule has 200 valence electrons. The van der Waals surface area contributed by atoms with E-state index in [-0.39, 0.29) is 6.10 Å². The Kier molecular flexibility index (Phi) is 8.74. The number of carbonyl (C=O) groups is 1. The van der Waals surface area contributed by atoms with Gasteiger partial charge in [-0.1, -0.05) is 29.8 Å². The van der Waals surface area contributed by atoms with Gasteiger partial charge in [0, 0.05) is 38.5 Å². The molecule has 1 aromatic carbocycles. The Morgan fingerprint density at radius 2 is 2.11 bits per heavy atom. The fourth-order valence-electron chi connectivity index (χ4n) is 5.50. The zero-order valence-corrected chi connectivity index (χ0v) is 22.1. The zero-order valence-electron chi connectivity index (χ0n) is 22.1. The lowest BCUT2D eigenvalue weighted by molar-refractivity contribution is -0.143. The lowest BCUT2D eigenvalue weighted by Gasteiger charge is -2.27. The highest BCUT2D eigenvalue weighted by atomic mass is 16.5. The molecule has 0 amide bonds. The van der Waals surface area contributed by atoms with Gasteiger partial charge in [0.25, 0.3) is 0 Å². The van der Waals surface area contributed by atoms with Crippen LogP contribution in [0.4, 0.5) is 5.82 Å². The molecule has 2 fully saturated rings. The number of carboxylic acid groups (broad SMARTS) is 1. The number of rotatable bonds is 13. The van der Waals surface area contributed by atoms with Crippen LogP contribution >= 0.6 is 0 Å². The van der Waals surface area contributed by atoms with E-state index >= 15 is 0 Å². The average Bonchev–Trinajstić information content (AvgIpc) is 3.61. The highest BCUT2D eigenvalue weighted by Gasteiger charge is 2.35. The van der Waals surface area contributed by atoms with Crippen molar-refractivity contribution in [2.24, 2.45) is 5.92 Å².